The molecular formula is C28H23FN2O2. The minimum atomic E-state index is -0.652. The number of amidine groups is 1. The van der Waals surface area contributed by atoms with Crippen molar-refractivity contribution in [2.75, 3.05) is 4.90 Å². The third kappa shape index (κ3) is 3.65. The lowest BCUT2D eigenvalue weighted by atomic mass is 9.73. The van der Waals surface area contributed by atoms with Crippen LogP contribution in [0.4, 0.5) is 10.1 Å². The molecule has 0 spiro atoms. The summed E-state index contributed by atoms with van der Waals surface area (Å²) in [5.74, 6) is -0.970. The number of halogens is 1. The van der Waals surface area contributed by atoms with E-state index in [-0.39, 0.29) is 23.2 Å². The summed E-state index contributed by atoms with van der Waals surface area (Å²) in [5.41, 5.74) is 3.69. The molecule has 1 unspecified atom stereocenters. The second-order valence-electron chi connectivity index (χ2n) is 8.27. The number of Topliss-reactive ketones (excluding diaryl/α,β-unsaturated/α-hetero) is 1. The summed E-state index contributed by atoms with van der Waals surface area (Å²) in [5, 5.41) is 20.7. The van der Waals surface area contributed by atoms with Crippen molar-refractivity contribution >= 4 is 23.1 Å². The van der Waals surface area contributed by atoms with E-state index in [2.05, 4.69) is 0 Å². The topological polar surface area (TPSA) is 64.4 Å². The molecule has 3 aromatic carbocycles. The minimum Gasteiger partial charge on any atom is -0.507 e. The van der Waals surface area contributed by atoms with Crippen LogP contribution in [0.3, 0.4) is 0 Å². The molecule has 164 valence electrons. The summed E-state index contributed by atoms with van der Waals surface area (Å²) >= 11 is 0. The number of ketones is 1. The van der Waals surface area contributed by atoms with Gasteiger partial charge in [-0.3, -0.25) is 15.1 Å². The lowest BCUT2D eigenvalue weighted by Crippen LogP contribution is -2.42. The average molecular weight is 439 g/mol. The van der Waals surface area contributed by atoms with E-state index in [1.165, 1.54) is 12.1 Å². The number of aliphatic hydroxyl groups excluding tert-OH is 1. The van der Waals surface area contributed by atoms with Gasteiger partial charge in [-0.15, -0.1) is 0 Å². The Balaban J connectivity index is 1.83. The molecule has 0 bridgehead atoms. The van der Waals surface area contributed by atoms with Gasteiger partial charge in [0.1, 0.15) is 17.4 Å². The van der Waals surface area contributed by atoms with Gasteiger partial charge in [-0.2, -0.15) is 0 Å². The molecule has 1 heterocycles. The van der Waals surface area contributed by atoms with Crippen molar-refractivity contribution in [2.45, 2.75) is 25.2 Å². The predicted octanol–water partition coefficient (Wildman–Crippen LogP) is 6.38. The summed E-state index contributed by atoms with van der Waals surface area (Å²) < 4.78 is 13.8. The molecule has 0 saturated heterocycles. The Morgan fingerprint density at radius 1 is 0.909 bits per heavy atom. The number of benzene rings is 3. The van der Waals surface area contributed by atoms with Gasteiger partial charge in [0.25, 0.3) is 0 Å². The number of anilines is 1. The molecule has 1 aliphatic carbocycles. The van der Waals surface area contributed by atoms with E-state index < -0.39 is 5.92 Å². The zero-order chi connectivity index (χ0) is 22.9. The molecule has 4 nitrogen and oxygen atoms in total. The van der Waals surface area contributed by atoms with E-state index in [0.717, 1.165) is 11.4 Å². The smallest absolute Gasteiger partial charge is 0.161 e. The molecule has 3 aromatic rings. The van der Waals surface area contributed by atoms with Gasteiger partial charge < -0.3 is 5.11 Å². The van der Waals surface area contributed by atoms with Gasteiger partial charge >= 0.3 is 0 Å². The lowest BCUT2D eigenvalue weighted by Gasteiger charge is -2.41. The van der Waals surface area contributed by atoms with Crippen molar-refractivity contribution in [1.82, 2.24) is 0 Å². The van der Waals surface area contributed by atoms with Gasteiger partial charge in [-0.1, -0.05) is 60.7 Å². The fourth-order valence-corrected chi connectivity index (χ4v) is 4.79. The molecule has 1 atom stereocenters. The highest BCUT2D eigenvalue weighted by Crippen LogP contribution is 2.47. The third-order valence-electron chi connectivity index (χ3n) is 6.27. The molecular weight excluding hydrogens is 415 g/mol. The summed E-state index contributed by atoms with van der Waals surface area (Å²) in [6, 6.07) is 24.5. The number of rotatable bonds is 3. The van der Waals surface area contributed by atoms with Crippen molar-refractivity contribution in [3.63, 3.8) is 0 Å². The van der Waals surface area contributed by atoms with E-state index in [1.807, 2.05) is 48.5 Å². The van der Waals surface area contributed by atoms with Gasteiger partial charge in [-0.25, -0.2) is 4.39 Å². The normalized spacial score (nSPS) is 20.0. The molecule has 0 saturated carbocycles. The lowest BCUT2D eigenvalue weighted by molar-refractivity contribution is -0.116. The van der Waals surface area contributed by atoms with E-state index >= 15 is 0 Å². The number of carbonyl (C=O) groups excluding carboxylic acids is 1. The first-order valence-corrected chi connectivity index (χ1v) is 11.0. The Morgan fingerprint density at radius 2 is 1.55 bits per heavy atom. The SMILES string of the molecule is N=C1/C(=C(/O)c2ccccc2)C(c2ccc(F)cc2)C2=C(CCCC2=O)N1c1ccccc1. The van der Waals surface area contributed by atoms with Crippen LogP contribution in [0.2, 0.25) is 0 Å². The first kappa shape index (κ1) is 20.9. The molecule has 0 fully saturated rings. The molecule has 1 aliphatic heterocycles. The first-order chi connectivity index (χ1) is 16.1. The van der Waals surface area contributed by atoms with E-state index in [9.17, 15) is 19.7 Å². The fourth-order valence-electron chi connectivity index (χ4n) is 4.79. The summed E-state index contributed by atoms with van der Waals surface area (Å²) in [4.78, 5) is 15.1. The van der Waals surface area contributed by atoms with Crippen molar-refractivity contribution < 1.29 is 14.3 Å². The zero-order valence-corrected chi connectivity index (χ0v) is 18.0. The maximum absolute atomic E-state index is 13.8. The number of aliphatic hydroxyl groups is 1. The van der Waals surface area contributed by atoms with E-state index in [4.69, 9.17) is 0 Å². The van der Waals surface area contributed by atoms with Crippen LogP contribution in [0.25, 0.3) is 5.76 Å². The Labute approximate surface area is 191 Å². The van der Waals surface area contributed by atoms with Gasteiger partial charge in [0.2, 0.25) is 0 Å². The Bertz CT molecular complexity index is 1280. The van der Waals surface area contributed by atoms with Crippen molar-refractivity contribution in [3.8, 4) is 0 Å². The van der Waals surface area contributed by atoms with Crippen LogP contribution in [-0.2, 0) is 4.79 Å². The summed E-state index contributed by atoms with van der Waals surface area (Å²) in [6.07, 6.45) is 1.76. The zero-order valence-electron chi connectivity index (χ0n) is 18.0. The third-order valence-corrected chi connectivity index (χ3v) is 6.27. The van der Waals surface area contributed by atoms with Gasteiger partial charge in [-0.05, 0) is 42.7 Å². The number of hydrogen-bond acceptors (Lipinski definition) is 3. The van der Waals surface area contributed by atoms with Crippen LogP contribution in [-0.4, -0.2) is 16.7 Å². The van der Waals surface area contributed by atoms with Crippen LogP contribution in [0.15, 0.2) is 102 Å². The highest BCUT2D eigenvalue weighted by Gasteiger charge is 2.43. The van der Waals surface area contributed by atoms with E-state index in [1.54, 1.807) is 29.2 Å². The molecule has 0 aromatic heterocycles. The number of nitrogens with one attached hydrogen (secondary N) is 1. The Kier molecular flexibility index (Phi) is 5.38. The Morgan fingerprint density at radius 3 is 2.21 bits per heavy atom. The molecule has 5 heteroatoms. The first-order valence-electron chi connectivity index (χ1n) is 11.0. The highest BCUT2D eigenvalue weighted by molar-refractivity contribution is 6.19. The van der Waals surface area contributed by atoms with Crippen LogP contribution in [0.5, 0.6) is 0 Å². The number of carbonyl (C=O) groups is 1. The molecule has 5 rings (SSSR count). The summed E-state index contributed by atoms with van der Waals surface area (Å²) in [6.45, 7) is 0. The maximum Gasteiger partial charge on any atom is 0.161 e. The fraction of sp³-hybridized carbons (Fsp3) is 0.143. The number of hydrogen-bond donors (Lipinski definition) is 2. The van der Waals surface area contributed by atoms with Gasteiger partial charge in [0, 0.05) is 40.4 Å². The maximum atomic E-state index is 13.8. The highest BCUT2D eigenvalue weighted by atomic mass is 19.1. The predicted molar refractivity (Wildman–Crippen MR) is 128 cm³/mol. The van der Waals surface area contributed by atoms with Crippen LogP contribution in [0, 0.1) is 11.2 Å². The number of allylic oxidation sites excluding steroid dienone is 2. The molecule has 0 amide bonds. The van der Waals surface area contributed by atoms with Crippen molar-refractivity contribution in [2.24, 2.45) is 0 Å². The molecule has 2 N–H and O–H groups in total. The van der Waals surface area contributed by atoms with Crippen LogP contribution in [0.1, 0.15) is 36.3 Å². The molecule has 33 heavy (non-hydrogen) atoms. The second kappa shape index (κ2) is 8.51. The van der Waals surface area contributed by atoms with E-state index in [0.29, 0.717) is 41.5 Å². The minimum absolute atomic E-state index is 0.00244. The standard InChI is InChI=1S/C28H23FN2O2/c29-20-16-14-18(15-17-20)24-25-22(12-7-13-23(25)32)31(21-10-5-2-6-11-21)28(30)26(24)27(33)19-8-3-1-4-9-19/h1-6,8-11,14-17,24,30,33H,7,12-13H2/b27-26+,30-28?. The largest absolute Gasteiger partial charge is 0.507 e. The van der Waals surface area contributed by atoms with Crippen LogP contribution >= 0.6 is 0 Å². The Hall–Kier alpha value is -3.99. The second-order valence-corrected chi connectivity index (χ2v) is 8.27. The van der Waals surface area contributed by atoms with Gasteiger partial charge in [0.15, 0.2) is 5.78 Å². The molecule has 0 radical (unpaired) electrons. The quantitative estimate of drug-likeness (QED) is 0.466. The van der Waals surface area contributed by atoms with Gasteiger partial charge in [0.05, 0.1) is 0 Å². The van der Waals surface area contributed by atoms with Crippen molar-refractivity contribution in [3.05, 3.63) is 119 Å². The number of nitrogens with zero attached hydrogens (tertiary/aromatic N) is 1. The van der Waals surface area contributed by atoms with Crippen LogP contribution < -0.4 is 4.90 Å². The molecule has 2 aliphatic rings. The monoisotopic (exact) mass is 438 g/mol. The number of para-hydroxylation sites is 1. The van der Waals surface area contributed by atoms with Crippen molar-refractivity contribution in [1.29, 1.82) is 5.41 Å². The average Bonchev–Trinajstić information content (AvgIpc) is 2.85. The summed E-state index contributed by atoms with van der Waals surface area (Å²) in [7, 11) is 0.